The van der Waals surface area contributed by atoms with Crippen LogP contribution in [0.4, 0.5) is 5.82 Å². The highest BCUT2D eigenvalue weighted by Gasteiger charge is 2.31. The molecule has 5 nitrogen and oxygen atoms in total. The number of aromatic nitrogens is 1. The second-order valence-electron chi connectivity index (χ2n) is 6.78. The first-order chi connectivity index (χ1) is 11.0. The number of nitriles is 1. The van der Waals surface area contributed by atoms with Crippen LogP contribution >= 0.6 is 0 Å². The van der Waals surface area contributed by atoms with Gasteiger partial charge < -0.3 is 14.9 Å². The van der Waals surface area contributed by atoms with Gasteiger partial charge in [-0.2, -0.15) is 5.26 Å². The highest BCUT2D eigenvalue weighted by atomic mass is 16.2. The first-order valence-electron chi connectivity index (χ1n) is 8.38. The van der Waals surface area contributed by atoms with E-state index in [4.69, 9.17) is 0 Å². The number of rotatable bonds is 5. The predicted molar refractivity (Wildman–Crippen MR) is 92.5 cm³/mol. The van der Waals surface area contributed by atoms with Crippen molar-refractivity contribution in [3.63, 3.8) is 0 Å². The summed E-state index contributed by atoms with van der Waals surface area (Å²) in [5.74, 6) is 1.32. The summed E-state index contributed by atoms with van der Waals surface area (Å²) in [6, 6.07) is 4.82. The summed E-state index contributed by atoms with van der Waals surface area (Å²) in [5.41, 5.74) is 2.65. The van der Waals surface area contributed by atoms with Crippen LogP contribution in [0, 0.1) is 31.1 Å². The largest absolute Gasteiger partial charge is 0.396 e. The molecule has 0 aliphatic carbocycles. The Morgan fingerprint density at radius 1 is 1.43 bits per heavy atom. The maximum Gasteiger partial charge on any atom is 0.147 e. The molecule has 126 valence electrons. The van der Waals surface area contributed by atoms with Crippen molar-refractivity contribution >= 4 is 5.82 Å². The molecule has 0 radical (unpaired) electrons. The SMILES string of the molecule is Cc1cc(C)c(C#N)c(N2CC[C@@H](N(C)C)[C@@H](CCCO)C2)n1. The van der Waals surface area contributed by atoms with E-state index in [-0.39, 0.29) is 6.61 Å². The van der Waals surface area contributed by atoms with Gasteiger partial charge in [-0.05, 0) is 64.8 Å². The lowest BCUT2D eigenvalue weighted by Crippen LogP contribution is -2.49. The van der Waals surface area contributed by atoms with Crippen molar-refractivity contribution in [1.29, 1.82) is 5.26 Å². The van der Waals surface area contributed by atoms with Crippen molar-refractivity contribution in [3.8, 4) is 6.07 Å². The molecule has 1 aliphatic rings. The van der Waals surface area contributed by atoms with Crippen LogP contribution in [-0.4, -0.2) is 54.8 Å². The third kappa shape index (κ3) is 4.01. The lowest BCUT2D eigenvalue weighted by Gasteiger charge is -2.42. The van der Waals surface area contributed by atoms with Crippen molar-refractivity contribution in [2.75, 3.05) is 38.7 Å². The van der Waals surface area contributed by atoms with E-state index in [1.54, 1.807) is 0 Å². The number of hydrogen-bond acceptors (Lipinski definition) is 5. The Balaban J connectivity index is 2.27. The van der Waals surface area contributed by atoms with E-state index < -0.39 is 0 Å². The third-order valence-electron chi connectivity index (χ3n) is 4.83. The van der Waals surface area contributed by atoms with Gasteiger partial charge in [0.05, 0.1) is 5.56 Å². The lowest BCUT2D eigenvalue weighted by atomic mass is 9.87. The molecule has 5 heteroatoms. The molecule has 0 unspecified atom stereocenters. The van der Waals surface area contributed by atoms with E-state index in [0.29, 0.717) is 17.5 Å². The summed E-state index contributed by atoms with van der Waals surface area (Å²) in [6.45, 7) is 6.01. The maximum absolute atomic E-state index is 9.51. The molecule has 1 aromatic heterocycles. The van der Waals surface area contributed by atoms with E-state index in [1.807, 2.05) is 19.9 Å². The van der Waals surface area contributed by atoms with Gasteiger partial charge in [0.25, 0.3) is 0 Å². The molecule has 1 aliphatic heterocycles. The van der Waals surface area contributed by atoms with Gasteiger partial charge in [-0.3, -0.25) is 0 Å². The summed E-state index contributed by atoms with van der Waals surface area (Å²) in [4.78, 5) is 9.21. The van der Waals surface area contributed by atoms with Gasteiger partial charge in [0.15, 0.2) is 0 Å². The first-order valence-corrected chi connectivity index (χ1v) is 8.38. The average molecular weight is 316 g/mol. The fraction of sp³-hybridized carbons (Fsp3) is 0.667. The van der Waals surface area contributed by atoms with E-state index in [9.17, 15) is 10.4 Å². The van der Waals surface area contributed by atoms with E-state index in [2.05, 4.69) is 34.9 Å². The summed E-state index contributed by atoms with van der Waals surface area (Å²) in [6.07, 6.45) is 2.89. The van der Waals surface area contributed by atoms with Crippen LogP contribution in [0.5, 0.6) is 0 Å². The van der Waals surface area contributed by atoms with Crippen LogP contribution < -0.4 is 4.90 Å². The van der Waals surface area contributed by atoms with Gasteiger partial charge in [-0.25, -0.2) is 4.98 Å². The Kier molecular flexibility index (Phi) is 5.97. The first kappa shape index (κ1) is 17.7. The second-order valence-corrected chi connectivity index (χ2v) is 6.78. The van der Waals surface area contributed by atoms with Gasteiger partial charge in [0.2, 0.25) is 0 Å². The van der Waals surface area contributed by atoms with Gasteiger partial charge in [-0.15, -0.1) is 0 Å². The highest BCUT2D eigenvalue weighted by molar-refractivity contribution is 5.58. The summed E-state index contributed by atoms with van der Waals surface area (Å²) in [7, 11) is 4.25. The van der Waals surface area contributed by atoms with Crippen molar-refractivity contribution in [2.45, 2.75) is 39.2 Å². The molecule has 1 N–H and O–H groups in total. The molecule has 0 spiro atoms. The van der Waals surface area contributed by atoms with Gasteiger partial charge in [-0.1, -0.05) is 0 Å². The van der Waals surface area contributed by atoms with Crippen LogP contribution in [0.1, 0.15) is 36.1 Å². The number of piperidine rings is 1. The van der Waals surface area contributed by atoms with Crippen LogP contribution in [-0.2, 0) is 0 Å². The normalized spacial score (nSPS) is 21.5. The molecule has 0 saturated carbocycles. The third-order valence-corrected chi connectivity index (χ3v) is 4.83. The Labute approximate surface area is 139 Å². The summed E-state index contributed by atoms with van der Waals surface area (Å²) >= 11 is 0. The van der Waals surface area contributed by atoms with Crippen LogP contribution in [0.2, 0.25) is 0 Å². The van der Waals surface area contributed by atoms with Crippen LogP contribution in [0.25, 0.3) is 0 Å². The molecule has 1 saturated heterocycles. The lowest BCUT2D eigenvalue weighted by molar-refractivity contribution is 0.161. The minimum Gasteiger partial charge on any atom is -0.396 e. The fourth-order valence-corrected chi connectivity index (χ4v) is 3.71. The maximum atomic E-state index is 9.51. The molecular weight excluding hydrogens is 288 g/mol. The number of hydrogen-bond donors (Lipinski definition) is 1. The van der Waals surface area contributed by atoms with E-state index >= 15 is 0 Å². The molecule has 0 aromatic carbocycles. The molecule has 2 rings (SSSR count). The van der Waals surface area contributed by atoms with Crippen molar-refractivity contribution in [2.24, 2.45) is 5.92 Å². The second kappa shape index (κ2) is 7.76. The Morgan fingerprint density at radius 2 is 2.17 bits per heavy atom. The van der Waals surface area contributed by atoms with Gasteiger partial charge in [0.1, 0.15) is 11.9 Å². The molecule has 0 amide bonds. The Morgan fingerprint density at radius 3 is 2.78 bits per heavy atom. The van der Waals surface area contributed by atoms with Crippen LogP contribution in [0.15, 0.2) is 6.07 Å². The monoisotopic (exact) mass is 316 g/mol. The van der Waals surface area contributed by atoms with Crippen LogP contribution in [0.3, 0.4) is 0 Å². The quantitative estimate of drug-likeness (QED) is 0.901. The molecule has 2 atom stereocenters. The number of nitrogens with zero attached hydrogens (tertiary/aromatic N) is 4. The number of aryl methyl sites for hydroxylation is 2. The van der Waals surface area contributed by atoms with Gasteiger partial charge >= 0.3 is 0 Å². The summed E-state index contributed by atoms with van der Waals surface area (Å²) < 4.78 is 0. The van der Waals surface area contributed by atoms with Crippen molar-refractivity contribution in [1.82, 2.24) is 9.88 Å². The molecule has 2 heterocycles. The minimum absolute atomic E-state index is 0.238. The fourth-order valence-electron chi connectivity index (χ4n) is 3.71. The zero-order valence-corrected chi connectivity index (χ0v) is 14.7. The molecule has 1 fully saturated rings. The van der Waals surface area contributed by atoms with Crippen molar-refractivity contribution < 1.29 is 5.11 Å². The average Bonchev–Trinajstić information content (AvgIpc) is 2.51. The van der Waals surface area contributed by atoms with Crippen molar-refractivity contribution in [3.05, 3.63) is 22.9 Å². The van der Waals surface area contributed by atoms with E-state index in [1.165, 1.54) is 0 Å². The Hall–Kier alpha value is -1.64. The minimum atomic E-state index is 0.238. The molecule has 1 aromatic rings. The smallest absolute Gasteiger partial charge is 0.147 e. The number of aliphatic hydroxyl groups excluding tert-OH is 1. The molecule has 0 bridgehead atoms. The predicted octanol–water partition coefficient (Wildman–Crippen LogP) is 2.10. The number of pyridine rings is 1. The highest BCUT2D eigenvalue weighted by Crippen LogP contribution is 2.30. The topological polar surface area (TPSA) is 63.4 Å². The Bertz CT molecular complexity index is 579. The number of anilines is 1. The standard InChI is InChI=1S/C18H28N4O/c1-13-10-14(2)20-18(16(13)11-19)22-8-7-17(21(3)4)15(12-22)6-5-9-23/h10,15,17,23H,5-9,12H2,1-4H3/t15-,17+/m0/s1. The molecular formula is C18H28N4O. The zero-order chi connectivity index (χ0) is 17.0. The number of aliphatic hydroxyl groups is 1. The van der Waals surface area contributed by atoms with E-state index in [0.717, 1.165) is 49.4 Å². The zero-order valence-electron chi connectivity index (χ0n) is 14.7. The summed E-state index contributed by atoms with van der Waals surface area (Å²) in [5, 5.41) is 18.7. The molecule has 23 heavy (non-hydrogen) atoms. The van der Waals surface area contributed by atoms with Gasteiger partial charge in [0, 0.05) is 31.4 Å².